The van der Waals surface area contributed by atoms with Gasteiger partial charge in [0.1, 0.15) is 0 Å². The predicted molar refractivity (Wildman–Crippen MR) is 91.2 cm³/mol. The number of carbonyl (C=O) groups excluding carboxylic acids is 1. The fraction of sp³-hybridized carbons (Fsp3) is 0.125. The van der Waals surface area contributed by atoms with E-state index in [1.165, 1.54) is 11.3 Å². The van der Waals surface area contributed by atoms with E-state index < -0.39 is 0 Å². The number of aryl methyl sites for hydroxylation is 2. The van der Waals surface area contributed by atoms with Gasteiger partial charge in [0, 0.05) is 10.0 Å². The molecule has 0 unspecified atom stereocenters. The van der Waals surface area contributed by atoms with Crippen LogP contribution in [0.3, 0.4) is 0 Å². The van der Waals surface area contributed by atoms with Crippen LogP contribution in [0.4, 0.5) is 5.13 Å². The maximum absolute atomic E-state index is 12.3. The Kier molecular flexibility index (Phi) is 3.78. The van der Waals surface area contributed by atoms with Gasteiger partial charge in [0.15, 0.2) is 5.13 Å². The zero-order valence-electron chi connectivity index (χ0n) is 11.6. The van der Waals surface area contributed by atoms with Crippen molar-refractivity contribution in [3.05, 3.63) is 57.6 Å². The second-order valence-electron chi connectivity index (χ2n) is 4.96. The molecule has 0 saturated heterocycles. The number of benzene rings is 2. The van der Waals surface area contributed by atoms with Gasteiger partial charge >= 0.3 is 0 Å². The highest BCUT2D eigenvalue weighted by atomic mass is 79.9. The van der Waals surface area contributed by atoms with Crippen molar-refractivity contribution < 1.29 is 4.79 Å². The second kappa shape index (κ2) is 5.58. The summed E-state index contributed by atoms with van der Waals surface area (Å²) in [5.41, 5.74) is 3.70. The van der Waals surface area contributed by atoms with Gasteiger partial charge in [-0.05, 0) is 44.2 Å². The van der Waals surface area contributed by atoms with Gasteiger partial charge < -0.3 is 0 Å². The Morgan fingerprint density at radius 1 is 1.14 bits per heavy atom. The van der Waals surface area contributed by atoms with Crippen LogP contribution in [-0.4, -0.2) is 10.9 Å². The summed E-state index contributed by atoms with van der Waals surface area (Å²) >= 11 is 4.91. The van der Waals surface area contributed by atoms with Crippen LogP contribution in [0.15, 0.2) is 40.9 Å². The number of nitrogens with one attached hydrogen (secondary N) is 1. The largest absolute Gasteiger partial charge is 0.298 e. The summed E-state index contributed by atoms with van der Waals surface area (Å²) in [7, 11) is 0. The van der Waals surface area contributed by atoms with Crippen molar-refractivity contribution in [2.75, 3.05) is 5.32 Å². The average molecular weight is 361 g/mol. The summed E-state index contributed by atoms with van der Waals surface area (Å²) in [6, 6.07) is 11.7. The Hall–Kier alpha value is -1.72. The lowest BCUT2D eigenvalue weighted by Gasteiger charge is -2.04. The monoisotopic (exact) mass is 360 g/mol. The first kappa shape index (κ1) is 14.2. The molecule has 1 aromatic heterocycles. The van der Waals surface area contributed by atoms with E-state index in [1.807, 2.05) is 50.2 Å². The van der Waals surface area contributed by atoms with Crippen LogP contribution in [0.5, 0.6) is 0 Å². The average Bonchev–Trinajstić information content (AvgIpc) is 2.78. The number of anilines is 1. The Morgan fingerprint density at radius 2 is 1.86 bits per heavy atom. The highest BCUT2D eigenvalue weighted by molar-refractivity contribution is 9.10. The van der Waals surface area contributed by atoms with Crippen molar-refractivity contribution in [2.24, 2.45) is 0 Å². The normalized spacial score (nSPS) is 10.8. The summed E-state index contributed by atoms with van der Waals surface area (Å²) in [6.07, 6.45) is 0. The minimum Gasteiger partial charge on any atom is -0.298 e. The lowest BCUT2D eigenvalue weighted by molar-refractivity contribution is 0.102. The maximum atomic E-state index is 12.3. The smallest absolute Gasteiger partial charge is 0.257 e. The molecule has 5 heteroatoms. The summed E-state index contributed by atoms with van der Waals surface area (Å²) in [5.74, 6) is -0.125. The number of hydrogen-bond donors (Lipinski definition) is 1. The summed E-state index contributed by atoms with van der Waals surface area (Å²) < 4.78 is 2.05. The van der Waals surface area contributed by atoms with Gasteiger partial charge in [-0.15, -0.1) is 0 Å². The molecule has 1 heterocycles. The predicted octanol–water partition coefficient (Wildman–Crippen LogP) is 4.93. The fourth-order valence-corrected chi connectivity index (χ4v) is 3.64. The molecule has 0 spiro atoms. The number of amides is 1. The second-order valence-corrected chi connectivity index (χ2v) is 6.91. The third-order valence-electron chi connectivity index (χ3n) is 3.05. The number of fused-ring (bicyclic) bond motifs is 1. The summed E-state index contributed by atoms with van der Waals surface area (Å²) in [5, 5.41) is 3.49. The van der Waals surface area contributed by atoms with Gasteiger partial charge in [-0.2, -0.15) is 0 Å². The number of carbonyl (C=O) groups is 1. The van der Waals surface area contributed by atoms with Crippen LogP contribution >= 0.6 is 27.3 Å². The fourth-order valence-electron chi connectivity index (χ4n) is 2.23. The van der Waals surface area contributed by atoms with Gasteiger partial charge in [0.2, 0.25) is 0 Å². The third-order valence-corrected chi connectivity index (χ3v) is 4.48. The van der Waals surface area contributed by atoms with E-state index in [9.17, 15) is 4.79 Å². The van der Waals surface area contributed by atoms with Crippen LogP contribution in [-0.2, 0) is 0 Å². The molecule has 106 valence electrons. The molecule has 0 aliphatic carbocycles. The zero-order valence-corrected chi connectivity index (χ0v) is 14.0. The first-order valence-corrected chi connectivity index (χ1v) is 8.08. The highest BCUT2D eigenvalue weighted by Crippen LogP contribution is 2.28. The third kappa shape index (κ3) is 3.14. The minimum atomic E-state index is -0.125. The number of thiazole rings is 1. The Labute approximate surface area is 135 Å². The molecule has 0 fully saturated rings. The molecule has 3 rings (SSSR count). The van der Waals surface area contributed by atoms with Gasteiger partial charge in [0.25, 0.3) is 5.91 Å². The summed E-state index contributed by atoms with van der Waals surface area (Å²) in [4.78, 5) is 16.7. The molecule has 2 aromatic carbocycles. The number of rotatable bonds is 2. The molecule has 1 N–H and O–H groups in total. The Bertz CT molecular complexity index is 821. The first-order valence-electron chi connectivity index (χ1n) is 6.47. The van der Waals surface area contributed by atoms with E-state index in [-0.39, 0.29) is 5.91 Å². The molecule has 21 heavy (non-hydrogen) atoms. The molecule has 3 aromatic rings. The van der Waals surface area contributed by atoms with Gasteiger partial charge in [-0.3, -0.25) is 10.1 Å². The SMILES string of the molecule is Cc1cc(C)cc(C(=O)Nc2nc3ccc(Br)cc3s2)c1. The first-order chi connectivity index (χ1) is 10.0. The summed E-state index contributed by atoms with van der Waals surface area (Å²) in [6.45, 7) is 3.97. The molecule has 0 atom stereocenters. The van der Waals surface area contributed by atoms with E-state index in [1.54, 1.807) is 0 Å². The van der Waals surface area contributed by atoms with E-state index in [0.29, 0.717) is 10.7 Å². The lowest BCUT2D eigenvalue weighted by atomic mass is 10.1. The molecular weight excluding hydrogens is 348 g/mol. The number of aromatic nitrogens is 1. The van der Waals surface area contributed by atoms with Crippen molar-refractivity contribution in [3.8, 4) is 0 Å². The molecule has 0 aliphatic rings. The molecule has 1 amide bonds. The van der Waals surface area contributed by atoms with Crippen LogP contribution in [0.1, 0.15) is 21.5 Å². The standard InChI is InChI=1S/C16H13BrN2OS/c1-9-5-10(2)7-11(6-9)15(20)19-16-18-13-4-3-12(17)8-14(13)21-16/h3-8H,1-2H3,(H,18,19,20). The van der Waals surface area contributed by atoms with Crippen LogP contribution in [0.2, 0.25) is 0 Å². The zero-order chi connectivity index (χ0) is 15.0. The number of nitrogens with zero attached hydrogens (tertiary/aromatic N) is 1. The van der Waals surface area contributed by atoms with E-state index >= 15 is 0 Å². The van der Waals surface area contributed by atoms with Crippen LogP contribution < -0.4 is 5.32 Å². The molecule has 0 saturated carbocycles. The highest BCUT2D eigenvalue weighted by Gasteiger charge is 2.11. The molecule has 0 radical (unpaired) electrons. The van der Waals surface area contributed by atoms with Crippen molar-refractivity contribution in [3.63, 3.8) is 0 Å². The maximum Gasteiger partial charge on any atom is 0.257 e. The van der Waals surface area contributed by atoms with Crippen LogP contribution in [0.25, 0.3) is 10.2 Å². The molecule has 0 aliphatic heterocycles. The molecular formula is C16H13BrN2OS. The van der Waals surface area contributed by atoms with E-state index in [2.05, 4.69) is 26.2 Å². The quantitative estimate of drug-likeness (QED) is 0.703. The van der Waals surface area contributed by atoms with E-state index in [0.717, 1.165) is 25.8 Å². The van der Waals surface area contributed by atoms with Gasteiger partial charge in [-0.25, -0.2) is 4.98 Å². The van der Waals surface area contributed by atoms with Crippen LogP contribution in [0, 0.1) is 13.8 Å². The molecule has 0 bridgehead atoms. The Balaban J connectivity index is 1.88. The topological polar surface area (TPSA) is 42.0 Å². The van der Waals surface area contributed by atoms with Gasteiger partial charge in [-0.1, -0.05) is 44.5 Å². The van der Waals surface area contributed by atoms with Crippen molar-refractivity contribution in [1.82, 2.24) is 4.98 Å². The van der Waals surface area contributed by atoms with E-state index in [4.69, 9.17) is 0 Å². The number of halogens is 1. The van der Waals surface area contributed by atoms with Crippen molar-refractivity contribution >= 4 is 48.5 Å². The van der Waals surface area contributed by atoms with Gasteiger partial charge in [0.05, 0.1) is 10.2 Å². The van der Waals surface area contributed by atoms with Crippen molar-refractivity contribution in [2.45, 2.75) is 13.8 Å². The molecule has 3 nitrogen and oxygen atoms in total. The number of hydrogen-bond acceptors (Lipinski definition) is 3. The van der Waals surface area contributed by atoms with Crippen molar-refractivity contribution in [1.29, 1.82) is 0 Å². The lowest BCUT2D eigenvalue weighted by Crippen LogP contribution is -2.12. The minimum absolute atomic E-state index is 0.125. The Morgan fingerprint density at radius 3 is 2.57 bits per heavy atom.